The fourth-order valence-corrected chi connectivity index (χ4v) is 3.89. The standard InChI is InChI=1S/C21H14F3N3OS/c1-12-18(19(28)27-17-6-2-5-16-15(17)4-3-11-25-16)29-20(26-12)13-7-9-14(10-8-13)21(22,23)24/h2-11H,1H3,(H,27,28). The highest BCUT2D eigenvalue weighted by atomic mass is 32.1. The molecule has 0 aliphatic rings. The largest absolute Gasteiger partial charge is 0.416 e. The van der Waals surface area contributed by atoms with Gasteiger partial charge in [0.05, 0.1) is 22.5 Å². The van der Waals surface area contributed by atoms with Crippen LogP contribution >= 0.6 is 11.3 Å². The average Bonchev–Trinajstić information content (AvgIpc) is 3.09. The van der Waals surface area contributed by atoms with Gasteiger partial charge in [0.2, 0.25) is 0 Å². The molecule has 1 amide bonds. The van der Waals surface area contributed by atoms with Crippen LogP contribution < -0.4 is 5.32 Å². The van der Waals surface area contributed by atoms with Gasteiger partial charge in [0.15, 0.2) is 0 Å². The number of carbonyl (C=O) groups excluding carboxylic acids is 1. The van der Waals surface area contributed by atoms with E-state index in [1.807, 2.05) is 12.1 Å². The molecule has 2 heterocycles. The summed E-state index contributed by atoms with van der Waals surface area (Å²) in [5.41, 5.74) is 1.71. The van der Waals surface area contributed by atoms with Gasteiger partial charge in [0, 0.05) is 17.1 Å². The van der Waals surface area contributed by atoms with Gasteiger partial charge in [-0.2, -0.15) is 13.2 Å². The van der Waals surface area contributed by atoms with E-state index in [9.17, 15) is 18.0 Å². The molecule has 0 spiro atoms. The number of benzene rings is 2. The lowest BCUT2D eigenvalue weighted by molar-refractivity contribution is -0.137. The molecule has 0 radical (unpaired) electrons. The summed E-state index contributed by atoms with van der Waals surface area (Å²) in [5.74, 6) is -0.325. The van der Waals surface area contributed by atoms with Gasteiger partial charge in [-0.05, 0) is 43.3 Å². The van der Waals surface area contributed by atoms with E-state index in [2.05, 4.69) is 15.3 Å². The number of pyridine rings is 1. The molecule has 1 N–H and O–H groups in total. The lowest BCUT2D eigenvalue weighted by Crippen LogP contribution is -2.11. The van der Waals surface area contributed by atoms with Crippen LogP contribution in [0.5, 0.6) is 0 Å². The first-order valence-electron chi connectivity index (χ1n) is 8.63. The van der Waals surface area contributed by atoms with E-state index >= 15 is 0 Å². The maximum atomic E-state index is 12.8. The van der Waals surface area contributed by atoms with Gasteiger partial charge in [0.25, 0.3) is 5.91 Å². The topological polar surface area (TPSA) is 54.9 Å². The highest BCUT2D eigenvalue weighted by Crippen LogP contribution is 2.33. The molecule has 2 aromatic carbocycles. The van der Waals surface area contributed by atoms with Crippen molar-refractivity contribution in [2.24, 2.45) is 0 Å². The van der Waals surface area contributed by atoms with Crippen molar-refractivity contribution in [3.63, 3.8) is 0 Å². The number of amides is 1. The summed E-state index contributed by atoms with van der Waals surface area (Å²) in [4.78, 5) is 21.8. The van der Waals surface area contributed by atoms with Crippen molar-refractivity contribution >= 4 is 33.8 Å². The zero-order chi connectivity index (χ0) is 20.6. The summed E-state index contributed by atoms with van der Waals surface area (Å²) in [6.07, 6.45) is -2.71. The van der Waals surface area contributed by atoms with E-state index in [4.69, 9.17) is 0 Å². The van der Waals surface area contributed by atoms with Crippen LogP contribution in [0.2, 0.25) is 0 Å². The molecule has 29 heavy (non-hydrogen) atoms. The average molecular weight is 413 g/mol. The Hall–Kier alpha value is -3.26. The molecule has 0 aliphatic heterocycles. The highest BCUT2D eigenvalue weighted by Gasteiger charge is 2.30. The Bertz CT molecular complexity index is 1190. The number of anilines is 1. The molecule has 8 heteroatoms. The van der Waals surface area contributed by atoms with Crippen molar-refractivity contribution in [1.82, 2.24) is 9.97 Å². The smallest absolute Gasteiger partial charge is 0.321 e. The summed E-state index contributed by atoms with van der Waals surface area (Å²) >= 11 is 1.14. The van der Waals surface area contributed by atoms with Crippen LogP contribution in [0.15, 0.2) is 60.8 Å². The number of hydrogen-bond acceptors (Lipinski definition) is 4. The van der Waals surface area contributed by atoms with E-state index in [-0.39, 0.29) is 5.91 Å². The van der Waals surface area contributed by atoms with Gasteiger partial charge in [-0.1, -0.05) is 18.2 Å². The molecule has 2 aromatic heterocycles. The number of nitrogens with zero attached hydrogens (tertiary/aromatic N) is 2. The molecule has 0 fully saturated rings. The van der Waals surface area contributed by atoms with Crippen LogP contribution in [0.3, 0.4) is 0 Å². The fraction of sp³-hybridized carbons (Fsp3) is 0.0952. The summed E-state index contributed by atoms with van der Waals surface area (Å²) in [6, 6.07) is 13.8. The molecule has 4 aromatic rings. The molecule has 0 unspecified atom stereocenters. The van der Waals surface area contributed by atoms with Crippen LogP contribution in [0, 0.1) is 6.92 Å². The van der Waals surface area contributed by atoms with Gasteiger partial charge in [-0.15, -0.1) is 11.3 Å². The van der Waals surface area contributed by atoms with Gasteiger partial charge < -0.3 is 5.32 Å². The molecule has 4 nitrogen and oxygen atoms in total. The van der Waals surface area contributed by atoms with Gasteiger partial charge >= 0.3 is 6.18 Å². The summed E-state index contributed by atoms with van der Waals surface area (Å²) in [7, 11) is 0. The van der Waals surface area contributed by atoms with E-state index < -0.39 is 11.7 Å². The minimum Gasteiger partial charge on any atom is -0.321 e. The lowest BCUT2D eigenvalue weighted by atomic mass is 10.1. The Morgan fingerprint density at radius 2 is 1.79 bits per heavy atom. The van der Waals surface area contributed by atoms with Crippen molar-refractivity contribution in [3.05, 3.63) is 76.9 Å². The Morgan fingerprint density at radius 3 is 2.52 bits per heavy atom. The number of nitrogens with one attached hydrogen (secondary N) is 1. The fourth-order valence-electron chi connectivity index (χ4n) is 2.92. The van der Waals surface area contributed by atoms with Crippen molar-refractivity contribution in [2.75, 3.05) is 5.32 Å². The van der Waals surface area contributed by atoms with Crippen molar-refractivity contribution in [3.8, 4) is 10.6 Å². The molecular formula is C21H14F3N3OS. The number of thiazole rings is 1. The minimum absolute atomic E-state index is 0.325. The first-order chi connectivity index (χ1) is 13.8. The number of fused-ring (bicyclic) bond motifs is 1. The zero-order valence-corrected chi connectivity index (χ0v) is 15.9. The number of aryl methyl sites for hydroxylation is 1. The lowest BCUT2D eigenvalue weighted by Gasteiger charge is -2.07. The van der Waals surface area contributed by atoms with Crippen molar-refractivity contribution in [2.45, 2.75) is 13.1 Å². The second-order valence-electron chi connectivity index (χ2n) is 6.34. The molecule has 146 valence electrons. The normalized spacial score (nSPS) is 11.6. The predicted octanol–water partition coefficient (Wildman–Crippen LogP) is 5.94. The number of alkyl halides is 3. The molecule has 0 saturated carbocycles. The molecular weight excluding hydrogens is 399 g/mol. The third-order valence-corrected chi connectivity index (χ3v) is 5.56. The number of rotatable bonds is 3. The van der Waals surface area contributed by atoms with Gasteiger partial charge in [-0.3, -0.25) is 9.78 Å². The highest BCUT2D eigenvalue weighted by molar-refractivity contribution is 7.17. The van der Waals surface area contributed by atoms with Gasteiger partial charge in [0.1, 0.15) is 9.88 Å². The van der Waals surface area contributed by atoms with E-state index in [0.717, 1.165) is 34.4 Å². The Labute approximate surface area is 168 Å². The monoisotopic (exact) mass is 413 g/mol. The molecule has 0 saturated heterocycles. The van der Waals surface area contributed by atoms with Crippen LogP contribution in [0.4, 0.5) is 18.9 Å². The number of halogens is 3. The Balaban J connectivity index is 1.61. The van der Waals surface area contributed by atoms with Crippen molar-refractivity contribution in [1.29, 1.82) is 0 Å². The Morgan fingerprint density at radius 1 is 1.03 bits per heavy atom. The summed E-state index contributed by atoms with van der Waals surface area (Å²) < 4.78 is 38.2. The molecule has 0 atom stereocenters. The number of hydrogen-bond donors (Lipinski definition) is 1. The first-order valence-corrected chi connectivity index (χ1v) is 9.45. The van der Waals surface area contributed by atoms with Crippen LogP contribution in [-0.4, -0.2) is 15.9 Å². The number of carbonyl (C=O) groups is 1. The summed E-state index contributed by atoms with van der Waals surface area (Å²) in [5, 5.41) is 4.18. The second kappa shape index (κ2) is 7.29. The van der Waals surface area contributed by atoms with Crippen LogP contribution in [-0.2, 0) is 6.18 Å². The third-order valence-electron chi connectivity index (χ3n) is 4.36. The molecule has 0 bridgehead atoms. The maximum Gasteiger partial charge on any atom is 0.416 e. The number of aromatic nitrogens is 2. The third kappa shape index (κ3) is 3.84. The quantitative estimate of drug-likeness (QED) is 0.452. The second-order valence-corrected chi connectivity index (χ2v) is 7.34. The summed E-state index contributed by atoms with van der Waals surface area (Å²) in [6.45, 7) is 1.70. The van der Waals surface area contributed by atoms with E-state index in [0.29, 0.717) is 26.8 Å². The van der Waals surface area contributed by atoms with Crippen LogP contribution in [0.25, 0.3) is 21.5 Å². The first kappa shape index (κ1) is 19.1. The van der Waals surface area contributed by atoms with Crippen molar-refractivity contribution < 1.29 is 18.0 Å². The Kier molecular flexibility index (Phi) is 4.79. The van der Waals surface area contributed by atoms with E-state index in [1.54, 1.807) is 31.3 Å². The van der Waals surface area contributed by atoms with Gasteiger partial charge in [-0.25, -0.2) is 4.98 Å². The molecule has 4 rings (SSSR count). The van der Waals surface area contributed by atoms with E-state index in [1.165, 1.54) is 12.1 Å². The minimum atomic E-state index is -4.39. The SMILES string of the molecule is Cc1nc(-c2ccc(C(F)(F)F)cc2)sc1C(=O)Nc1cccc2ncccc12. The zero-order valence-electron chi connectivity index (χ0n) is 15.1. The van der Waals surface area contributed by atoms with Crippen LogP contribution in [0.1, 0.15) is 20.9 Å². The molecule has 0 aliphatic carbocycles. The predicted molar refractivity (Wildman–Crippen MR) is 107 cm³/mol. The maximum absolute atomic E-state index is 12.8.